The van der Waals surface area contributed by atoms with E-state index in [-0.39, 0.29) is 24.4 Å². The summed E-state index contributed by atoms with van der Waals surface area (Å²) in [6.45, 7) is 7.44. The molecule has 0 aliphatic heterocycles. The van der Waals surface area contributed by atoms with Crippen molar-refractivity contribution in [1.29, 1.82) is 0 Å². The summed E-state index contributed by atoms with van der Waals surface area (Å²) >= 11 is 6.05. The quantitative estimate of drug-likeness (QED) is 0.336. The molecule has 2 N–H and O–H groups in total. The lowest BCUT2D eigenvalue weighted by Crippen LogP contribution is -2.41. The number of hydrogen-bond donors (Lipinski definition) is 2. The highest BCUT2D eigenvalue weighted by atomic mass is 35.5. The van der Waals surface area contributed by atoms with Gasteiger partial charge in [0.15, 0.2) is 0 Å². The number of carboxylic acid groups (broad SMARTS) is 1. The second-order valence-corrected chi connectivity index (χ2v) is 10.1. The van der Waals surface area contributed by atoms with Crippen LogP contribution in [-0.2, 0) is 27.2 Å². The monoisotopic (exact) mass is 515 g/mol. The van der Waals surface area contributed by atoms with Crippen molar-refractivity contribution in [2.75, 3.05) is 6.54 Å². The van der Waals surface area contributed by atoms with Crippen molar-refractivity contribution in [3.05, 3.63) is 69.7 Å². The molecule has 2 unspecified atom stereocenters. The Labute approximate surface area is 217 Å². The van der Waals surface area contributed by atoms with E-state index in [2.05, 4.69) is 4.74 Å². The fraction of sp³-hybridized carbons (Fsp3) is 0.464. The summed E-state index contributed by atoms with van der Waals surface area (Å²) in [5.74, 6) is -0.970. The van der Waals surface area contributed by atoms with Crippen LogP contribution in [0.1, 0.15) is 74.8 Å². The van der Waals surface area contributed by atoms with Crippen LogP contribution < -0.4 is 0 Å². The van der Waals surface area contributed by atoms with E-state index in [4.69, 9.17) is 16.7 Å². The number of amides is 1. The fourth-order valence-corrected chi connectivity index (χ4v) is 5.84. The molecule has 1 aliphatic rings. The van der Waals surface area contributed by atoms with E-state index < -0.39 is 23.6 Å². The maximum Gasteiger partial charge on any atom is 0.513 e. The van der Waals surface area contributed by atoms with Crippen LogP contribution in [0.2, 0.25) is 5.02 Å². The van der Waals surface area contributed by atoms with Gasteiger partial charge in [0, 0.05) is 23.9 Å². The van der Waals surface area contributed by atoms with E-state index in [0.717, 1.165) is 16.7 Å². The lowest BCUT2D eigenvalue weighted by molar-refractivity contribution is -0.152. The molecule has 7 nitrogen and oxygen atoms in total. The highest BCUT2D eigenvalue weighted by molar-refractivity contribution is 6.30. The molecule has 0 aromatic heterocycles. The molecule has 0 fully saturated rings. The van der Waals surface area contributed by atoms with Crippen molar-refractivity contribution in [3.8, 4) is 0 Å². The third kappa shape index (κ3) is 5.73. The third-order valence-electron chi connectivity index (χ3n) is 7.45. The van der Waals surface area contributed by atoms with Gasteiger partial charge in [0.05, 0.1) is 18.1 Å². The molecule has 4 atom stereocenters. The Morgan fingerprint density at radius 1 is 1.19 bits per heavy atom. The average molecular weight is 516 g/mol. The van der Waals surface area contributed by atoms with Gasteiger partial charge in [0.1, 0.15) is 0 Å². The third-order valence-corrected chi connectivity index (χ3v) is 7.69. The summed E-state index contributed by atoms with van der Waals surface area (Å²) in [6.07, 6.45) is -0.328. The van der Waals surface area contributed by atoms with Crippen molar-refractivity contribution >= 4 is 29.6 Å². The van der Waals surface area contributed by atoms with Gasteiger partial charge in [0.2, 0.25) is 5.91 Å². The standard InChI is InChI=1S/C28H34ClNO6/c1-5-24-23-11-10-19(13-21(23)15-28(24,6-2)26(33)36-27(34)35)12-17(3)30(18(4)31)16-25(32)20-8-7-9-22(29)14-20/h7-11,13-14,17,24-25,32H,5-6,12,15-16H2,1-4H3,(H,34,35)/t17-,24?,25-,28?/m0/s1. The van der Waals surface area contributed by atoms with Crippen LogP contribution in [0.3, 0.4) is 0 Å². The van der Waals surface area contributed by atoms with Gasteiger partial charge in [-0.3, -0.25) is 9.59 Å². The van der Waals surface area contributed by atoms with Crippen LogP contribution in [0, 0.1) is 5.41 Å². The zero-order valence-electron chi connectivity index (χ0n) is 21.2. The molecule has 2 aromatic rings. The Morgan fingerprint density at radius 2 is 1.92 bits per heavy atom. The number of halogens is 1. The van der Waals surface area contributed by atoms with Crippen molar-refractivity contribution in [3.63, 3.8) is 0 Å². The highest BCUT2D eigenvalue weighted by Crippen LogP contribution is 2.52. The summed E-state index contributed by atoms with van der Waals surface area (Å²) in [7, 11) is 0. The fourth-order valence-electron chi connectivity index (χ4n) is 5.64. The maximum absolute atomic E-state index is 12.8. The topological polar surface area (TPSA) is 104 Å². The number of aliphatic hydroxyl groups excluding tert-OH is 1. The number of hydrogen-bond acceptors (Lipinski definition) is 5. The molecule has 1 aliphatic carbocycles. The minimum atomic E-state index is -1.59. The van der Waals surface area contributed by atoms with Gasteiger partial charge < -0.3 is 19.8 Å². The Kier molecular flexibility index (Phi) is 8.80. The van der Waals surface area contributed by atoms with Crippen LogP contribution in [0.15, 0.2) is 42.5 Å². The predicted octanol–water partition coefficient (Wildman–Crippen LogP) is 5.52. The number of rotatable bonds is 9. The summed E-state index contributed by atoms with van der Waals surface area (Å²) in [5, 5.41) is 20.3. The molecule has 0 saturated carbocycles. The first-order valence-corrected chi connectivity index (χ1v) is 12.7. The molecule has 194 valence electrons. The number of nitrogens with zero attached hydrogens (tertiary/aromatic N) is 1. The van der Waals surface area contributed by atoms with Crippen LogP contribution in [0.5, 0.6) is 0 Å². The molecular weight excluding hydrogens is 482 g/mol. The lowest BCUT2D eigenvalue weighted by Gasteiger charge is -2.31. The Morgan fingerprint density at radius 3 is 2.50 bits per heavy atom. The Hall–Kier alpha value is -2.90. The minimum absolute atomic E-state index is 0.127. The first-order valence-electron chi connectivity index (χ1n) is 12.3. The van der Waals surface area contributed by atoms with Crippen molar-refractivity contribution in [2.45, 2.75) is 71.4 Å². The number of aliphatic hydroxyl groups is 1. The number of esters is 1. The number of carbonyl (C=O) groups is 3. The second kappa shape index (κ2) is 11.4. The van der Waals surface area contributed by atoms with E-state index >= 15 is 0 Å². The van der Waals surface area contributed by atoms with Crippen molar-refractivity contribution in [1.82, 2.24) is 4.90 Å². The maximum atomic E-state index is 12.8. The number of carbonyl (C=O) groups excluding carboxylic acids is 2. The Bertz CT molecular complexity index is 1130. The largest absolute Gasteiger partial charge is 0.513 e. The number of benzene rings is 2. The summed E-state index contributed by atoms with van der Waals surface area (Å²) in [5.41, 5.74) is 2.78. The summed E-state index contributed by atoms with van der Waals surface area (Å²) in [4.78, 5) is 38.0. The van der Waals surface area contributed by atoms with Gasteiger partial charge in [0.25, 0.3) is 0 Å². The van der Waals surface area contributed by atoms with Crippen LogP contribution >= 0.6 is 11.6 Å². The number of fused-ring (bicyclic) bond motifs is 1. The zero-order chi connectivity index (χ0) is 26.6. The van der Waals surface area contributed by atoms with E-state index in [1.54, 1.807) is 29.2 Å². The number of ether oxygens (including phenoxy) is 1. The predicted molar refractivity (Wildman–Crippen MR) is 137 cm³/mol. The molecule has 0 radical (unpaired) electrons. The van der Waals surface area contributed by atoms with Crippen LogP contribution in [0.4, 0.5) is 4.79 Å². The smallest absolute Gasteiger partial charge is 0.449 e. The molecular formula is C28H34ClNO6. The summed E-state index contributed by atoms with van der Waals surface area (Å²) < 4.78 is 4.63. The first-order chi connectivity index (χ1) is 17.0. The summed E-state index contributed by atoms with van der Waals surface area (Å²) in [6, 6.07) is 12.8. The average Bonchev–Trinajstić information content (AvgIpc) is 3.15. The molecule has 0 saturated heterocycles. The van der Waals surface area contributed by atoms with Crippen LogP contribution in [0.25, 0.3) is 0 Å². The van der Waals surface area contributed by atoms with Gasteiger partial charge in [-0.25, -0.2) is 4.79 Å². The molecule has 2 aromatic carbocycles. The van der Waals surface area contributed by atoms with Gasteiger partial charge >= 0.3 is 12.1 Å². The van der Waals surface area contributed by atoms with Gasteiger partial charge in [-0.1, -0.05) is 55.8 Å². The normalized spacial score (nSPS) is 20.3. The second-order valence-electron chi connectivity index (χ2n) is 9.63. The van der Waals surface area contributed by atoms with E-state index in [1.807, 2.05) is 39.0 Å². The van der Waals surface area contributed by atoms with Crippen molar-refractivity contribution < 1.29 is 29.3 Å². The van der Waals surface area contributed by atoms with E-state index in [9.17, 15) is 19.5 Å². The highest BCUT2D eigenvalue weighted by Gasteiger charge is 2.51. The van der Waals surface area contributed by atoms with Crippen molar-refractivity contribution in [2.24, 2.45) is 5.41 Å². The molecule has 0 heterocycles. The SMILES string of the molecule is CCC1c2ccc(C[C@H](C)N(C[C@H](O)c3cccc(Cl)c3)C(C)=O)cc2CC1(CC)C(=O)OC(=O)O. The molecule has 0 bridgehead atoms. The van der Waals surface area contributed by atoms with Gasteiger partial charge in [-0.15, -0.1) is 0 Å². The lowest BCUT2D eigenvalue weighted by atomic mass is 9.72. The minimum Gasteiger partial charge on any atom is -0.449 e. The molecule has 8 heteroatoms. The molecule has 36 heavy (non-hydrogen) atoms. The van der Waals surface area contributed by atoms with Gasteiger partial charge in [-0.05, 0) is 67.0 Å². The van der Waals surface area contributed by atoms with Gasteiger partial charge in [-0.2, -0.15) is 0 Å². The first kappa shape index (κ1) is 27.7. The molecule has 1 amide bonds. The zero-order valence-corrected chi connectivity index (χ0v) is 21.9. The van der Waals surface area contributed by atoms with E-state index in [0.29, 0.717) is 36.3 Å². The molecule has 3 rings (SSSR count). The van der Waals surface area contributed by atoms with E-state index in [1.165, 1.54) is 6.92 Å². The molecule has 0 spiro atoms. The van der Waals surface area contributed by atoms with Crippen LogP contribution in [-0.4, -0.2) is 45.7 Å². The Balaban J connectivity index is 1.80.